The summed E-state index contributed by atoms with van der Waals surface area (Å²) in [5, 5.41) is 7.04. The van der Waals surface area contributed by atoms with Crippen molar-refractivity contribution < 1.29 is 19.2 Å². The molecule has 1 aromatic carbocycles. The number of halogens is 1. The van der Waals surface area contributed by atoms with Crippen LogP contribution in [0.3, 0.4) is 0 Å². The van der Waals surface area contributed by atoms with Crippen LogP contribution in [0.15, 0.2) is 24.3 Å². The summed E-state index contributed by atoms with van der Waals surface area (Å²) < 4.78 is 0. The maximum Gasteiger partial charge on any atom is 0.325 e. The lowest BCUT2D eigenvalue weighted by Crippen LogP contribution is -2.46. The van der Waals surface area contributed by atoms with Crippen molar-refractivity contribution in [2.45, 2.75) is 12.5 Å². The summed E-state index contributed by atoms with van der Waals surface area (Å²) in [6.45, 7) is 0.934. The fourth-order valence-corrected chi connectivity index (χ4v) is 2.59. The van der Waals surface area contributed by atoms with Crippen molar-refractivity contribution in [1.29, 1.82) is 0 Å². The predicted molar refractivity (Wildman–Crippen MR) is 81.6 cm³/mol. The van der Waals surface area contributed by atoms with Crippen LogP contribution in [-0.2, 0) is 15.1 Å². The average Bonchev–Trinajstić information content (AvgIpc) is 2.71. The third kappa shape index (κ3) is 3.11. The molecule has 0 radical (unpaired) electrons. The van der Waals surface area contributed by atoms with Crippen LogP contribution in [0.5, 0.6) is 0 Å². The highest BCUT2D eigenvalue weighted by atomic mass is 35.5. The summed E-state index contributed by atoms with van der Waals surface area (Å²) in [5.41, 5.74) is -0.947. The van der Waals surface area contributed by atoms with Crippen LogP contribution in [0.25, 0.3) is 0 Å². The van der Waals surface area contributed by atoms with Gasteiger partial charge in [0.1, 0.15) is 12.1 Å². The molecule has 8 nitrogen and oxygen atoms in total. The molecule has 1 heterocycles. The summed E-state index contributed by atoms with van der Waals surface area (Å²) in [6.07, 6.45) is 0. The largest absolute Gasteiger partial charge is 0.341 e. The van der Waals surface area contributed by atoms with Gasteiger partial charge in [0, 0.05) is 17.6 Å². The second-order valence-corrected chi connectivity index (χ2v) is 5.46. The first-order chi connectivity index (χ1) is 10.8. The number of nitrogens with one attached hydrogen (secondary N) is 3. The van der Waals surface area contributed by atoms with Gasteiger partial charge in [-0.25, -0.2) is 9.59 Å². The molecule has 0 spiro atoms. The molecule has 0 aliphatic carbocycles. The maximum atomic E-state index is 12.6. The van der Waals surface area contributed by atoms with Crippen molar-refractivity contribution in [3.05, 3.63) is 34.9 Å². The Morgan fingerprint density at radius 2 is 1.96 bits per heavy atom. The van der Waals surface area contributed by atoms with E-state index >= 15 is 0 Å². The van der Waals surface area contributed by atoms with E-state index in [2.05, 4.69) is 10.6 Å². The van der Waals surface area contributed by atoms with E-state index in [0.29, 0.717) is 10.6 Å². The Morgan fingerprint density at radius 3 is 2.57 bits per heavy atom. The normalized spacial score (nSPS) is 20.2. The molecule has 23 heavy (non-hydrogen) atoms. The second kappa shape index (κ2) is 6.25. The Morgan fingerprint density at radius 1 is 1.30 bits per heavy atom. The highest BCUT2D eigenvalue weighted by Gasteiger charge is 2.50. The van der Waals surface area contributed by atoms with Gasteiger partial charge >= 0.3 is 12.1 Å². The molecule has 0 aromatic heterocycles. The Labute approximate surface area is 137 Å². The van der Waals surface area contributed by atoms with Crippen LogP contribution in [0.2, 0.25) is 5.02 Å². The van der Waals surface area contributed by atoms with Crippen molar-refractivity contribution in [3.63, 3.8) is 0 Å². The molecule has 1 aromatic rings. The molecule has 1 aliphatic rings. The first kappa shape index (κ1) is 16.8. The lowest BCUT2D eigenvalue weighted by molar-refractivity contribution is -0.134. The van der Waals surface area contributed by atoms with Crippen molar-refractivity contribution in [2.24, 2.45) is 0 Å². The predicted octanol–water partition coefficient (Wildman–Crippen LogP) is 0.563. The Balaban J connectivity index is 2.22. The number of urea groups is 2. The third-order valence-corrected chi connectivity index (χ3v) is 3.80. The third-order valence-electron chi connectivity index (χ3n) is 3.47. The molecule has 0 saturated carbocycles. The van der Waals surface area contributed by atoms with Gasteiger partial charge in [0.2, 0.25) is 5.91 Å². The molecule has 1 aliphatic heterocycles. The molecular formula is C14H15ClN4O4. The molecule has 9 heteroatoms. The van der Waals surface area contributed by atoms with Gasteiger partial charge in [-0.3, -0.25) is 19.8 Å². The van der Waals surface area contributed by atoms with Crippen molar-refractivity contribution >= 4 is 35.5 Å². The number of nitrogens with zero attached hydrogens (tertiary/aromatic N) is 1. The minimum atomic E-state index is -1.37. The van der Waals surface area contributed by atoms with E-state index in [0.717, 1.165) is 4.90 Å². The van der Waals surface area contributed by atoms with Crippen LogP contribution in [-0.4, -0.2) is 42.4 Å². The minimum Gasteiger partial charge on any atom is -0.341 e. The quantitative estimate of drug-likeness (QED) is 0.700. The van der Waals surface area contributed by atoms with Gasteiger partial charge in [-0.2, -0.15) is 0 Å². The van der Waals surface area contributed by atoms with E-state index in [9.17, 15) is 19.2 Å². The smallest absolute Gasteiger partial charge is 0.325 e. The van der Waals surface area contributed by atoms with Gasteiger partial charge in [0.05, 0.1) is 0 Å². The van der Waals surface area contributed by atoms with Gasteiger partial charge in [-0.1, -0.05) is 29.8 Å². The molecule has 1 atom stereocenters. The van der Waals surface area contributed by atoms with Crippen molar-refractivity contribution in [2.75, 3.05) is 13.6 Å². The molecule has 6 amide bonds. The fraction of sp³-hybridized carbons (Fsp3) is 0.286. The summed E-state index contributed by atoms with van der Waals surface area (Å²) in [5.74, 6) is -1.40. The number of imide groups is 2. The summed E-state index contributed by atoms with van der Waals surface area (Å²) in [7, 11) is 1.34. The molecule has 2 rings (SSSR count). The topological polar surface area (TPSA) is 108 Å². The van der Waals surface area contributed by atoms with Crippen LogP contribution in [0, 0.1) is 0 Å². The number of hydrogen-bond acceptors (Lipinski definition) is 4. The minimum absolute atomic E-state index is 0.320. The highest BCUT2D eigenvalue weighted by Crippen LogP contribution is 2.33. The number of carbonyl (C=O) groups is 4. The summed E-state index contributed by atoms with van der Waals surface area (Å²) >= 11 is 6.09. The Bertz CT molecular complexity index is 693. The van der Waals surface area contributed by atoms with Gasteiger partial charge in [-0.15, -0.1) is 0 Å². The number of rotatable bonds is 3. The van der Waals surface area contributed by atoms with Gasteiger partial charge in [0.15, 0.2) is 0 Å². The first-order valence-electron chi connectivity index (χ1n) is 6.70. The maximum absolute atomic E-state index is 12.6. The number of benzene rings is 1. The zero-order chi connectivity index (χ0) is 17.2. The van der Waals surface area contributed by atoms with Crippen molar-refractivity contribution in [3.8, 4) is 0 Å². The first-order valence-corrected chi connectivity index (χ1v) is 7.08. The Kier molecular flexibility index (Phi) is 4.55. The molecule has 3 N–H and O–H groups in total. The van der Waals surface area contributed by atoms with Crippen LogP contribution >= 0.6 is 11.6 Å². The van der Waals surface area contributed by atoms with E-state index in [4.69, 9.17) is 11.6 Å². The van der Waals surface area contributed by atoms with E-state index < -0.39 is 36.0 Å². The van der Waals surface area contributed by atoms with E-state index in [1.54, 1.807) is 24.3 Å². The highest BCUT2D eigenvalue weighted by molar-refractivity contribution is 6.32. The molecule has 122 valence electrons. The average molecular weight is 339 g/mol. The molecular weight excluding hydrogens is 324 g/mol. The SMILES string of the molecule is CNC(=O)NC(=O)CN1C(=O)N[C@@](C)(c2ccccc2Cl)C1=O. The van der Waals surface area contributed by atoms with Crippen LogP contribution < -0.4 is 16.0 Å². The fourth-order valence-electron chi connectivity index (χ4n) is 2.26. The Hall–Kier alpha value is -2.61. The number of amides is 6. The molecule has 1 saturated heterocycles. The van der Waals surface area contributed by atoms with Gasteiger partial charge < -0.3 is 10.6 Å². The lowest BCUT2D eigenvalue weighted by Gasteiger charge is -2.23. The zero-order valence-electron chi connectivity index (χ0n) is 12.5. The molecule has 0 bridgehead atoms. The summed E-state index contributed by atoms with van der Waals surface area (Å²) in [6, 6.07) is 5.15. The molecule has 1 fully saturated rings. The monoisotopic (exact) mass is 338 g/mol. The standard InChI is InChI=1S/C14H15ClN4O4/c1-14(8-5-3-4-6-9(8)15)11(21)19(13(23)18-14)7-10(20)17-12(22)16-2/h3-6H,7H2,1-2H3,(H,18,23)(H2,16,17,20,22)/t14-/m0/s1. The number of hydrogen-bond donors (Lipinski definition) is 3. The molecule has 0 unspecified atom stereocenters. The van der Waals surface area contributed by atoms with E-state index in [-0.39, 0.29) is 0 Å². The summed E-state index contributed by atoms with van der Waals surface area (Å²) in [4.78, 5) is 48.2. The second-order valence-electron chi connectivity index (χ2n) is 5.05. The van der Waals surface area contributed by atoms with E-state index in [1.165, 1.54) is 14.0 Å². The van der Waals surface area contributed by atoms with Crippen LogP contribution in [0.1, 0.15) is 12.5 Å². The van der Waals surface area contributed by atoms with Gasteiger partial charge in [0.25, 0.3) is 5.91 Å². The van der Waals surface area contributed by atoms with Crippen LogP contribution in [0.4, 0.5) is 9.59 Å². The van der Waals surface area contributed by atoms with Gasteiger partial charge in [-0.05, 0) is 13.0 Å². The zero-order valence-corrected chi connectivity index (χ0v) is 13.2. The van der Waals surface area contributed by atoms with Crippen molar-refractivity contribution in [1.82, 2.24) is 20.9 Å². The van der Waals surface area contributed by atoms with E-state index in [1.807, 2.05) is 5.32 Å². The number of carbonyl (C=O) groups excluding carboxylic acids is 4. The lowest BCUT2D eigenvalue weighted by atomic mass is 9.92.